The highest BCUT2D eigenvalue weighted by atomic mass is 16.3. The van der Waals surface area contributed by atoms with E-state index in [-0.39, 0.29) is 0 Å². The highest BCUT2D eigenvalue weighted by Gasteiger charge is 2.25. The summed E-state index contributed by atoms with van der Waals surface area (Å²) < 4.78 is 11.1. The predicted octanol–water partition coefficient (Wildman–Crippen LogP) is 33.3. The van der Waals surface area contributed by atoms with Crippen LogP contribution in [-0.4, -0.2) is 64.0 Å². The Labute approximate surface area is 846 Å². The average Bonchev–Trinajstić information content (AvgIpc) is 1.58. The molecule has 0 fully saturated rings. The molecule has 14 heteroatoms. The van der Waals surface area contributed by atoms with E-state index in [0.717, 1.165) is 194 Å². The van der Waals surface area contributed by atoms with Gasteiger partial charge in [0.25, 0.3) is 0 Å². The van der Waals surface area contributed by atoms with Crippen molar-refractivity contribution in [1.82, 2.24) is 64.0 Å². The first-order valence-corrected chi connectivity index (χ1v) is 49.1. The Morgan fingerprint density at radius 2 is 0.435 bits per heavy atom. The number of imidazole rings is 2. The molecule has 28 aromatic rings. The molecule has 0 atom stereocenters. The normalized spacial score (nSPS) is 11.4. The SMILES string of the molecule is c1ccc(-c2cc(-c3ccccc3)nc(-c3ccc4c(ccc5ccc6nc(-c7ccccc7)n(-c7ccccc7)c6c54)c3)n2)cc1.c1ccc(-c2nc(-c3ccccc3)nc(-c3cccc(-c4ccc5c(ccc6ccc7nc(-c8ccccc8)n(-c8ccccc8)c7c65)c4)c3)n2)cc1.c1ccc(-c2nc(-c3ccccc3)nc(-c3cccc(-c4ccc5ccc6ccc7nc(-c8ccccc8)oc7c6c5c4)c3)n2)cc1. The summed E-state index contributed by atoms with van der Waals surface area (Å²) in [5.74, 6) is 7.01. The lowest BCUT2D eigenvalue weighted by molar-refractivity contribution is 0.623. The molecule has 147 heavy (non-hydrogen) atoms. The molecule has 6 aromatic heterocycles. The van der Waals surface area contributed by atoms with Gasteiger partial charge in [-0.05, 0) is 162 Å². The zero-order valence-electron chi connectivity index (χ0n) is 79.3. The van der Waals surface area contributed by atoms with Crippen molar-refractivity contribution >= 4 is 97.8 Å². The van der Waals surface area contributed by atoms with Gasteiger partial charge in [0.2, 0.25) is 5.89 Å². The molecule has 28 rings (SSSR count). The van der Waals surface area contributed by atoms with E-state index in [1.54, 1.807) is 0 Å². The fourth-order valence-corrected chi connectivity index (χ4v) is 20.0. The fraction of sp³-hybridized carbons (Fsp3) is 0. The highest BCUT2D eigenvalue weighted by Crippen LogP contribution is 2.45. The van der Waals surface area contributed by atoms with Gasteiger partial charge >= 0.3 is 0 Å². The zero-order chi connectivity index (χ0) is 97.5. The van der Waals surface area contributed by atoms with E-state index in [2.05, 4.69) is 319 Å². The summed E-state index contributed by atoms with van der Waals surface area (Å²) in [6, 6.07) is 178. The molecule has 0 aliphatic heterocycles. The van der Waals surface area contributed by atoms with Crippen molar-refractivity contribution in [2.24, 2.45) is 0 Å². The molecule has 0 N–H and O–H groups in total. The van der Waals surface area contributed by atoms with Crippen molar-refractivity contribution in [2.75, 3.05) is 0 Å². The van der Waals surface area contributed by atoms with E-state index in [1.165, 1.54) is 26.9 Å². The minimum absolute atomic E-state index is 0.621. The molecule has 0 radical (unpaired) electrons. The lowest BCUT2D eigenvalue weighted by atomic mass is 9.96. The number of hydrogen-bond acceptors (Lipinski definition) is 12. The Balaban J connectivity index is 0.000000112. The second-order valence-electron chi connectivity index (χ2n) is 36.3. The molecule has 0 spiro atoms. The van der Waals surface area contributed by atoms with Crippen molar-refractivity contribution in [2.45, 2.75) is 0 Å². The first-order chi connectivity index (χ1) is 72.8. The molecule has 0 aliphatic carbocycles. The molecule has 22 aromatic carbocycles. The smallest absolute Gasteiger partial charge is 0.227 e. The summed E-state index contributed by atoms with van der Waals surface area (Å²) in [6.07, 6.45) is 0. The van der Waals surface area contributed by atoms with E-state index in [0.29, 0.717) is 46.7 Å². The van der Waals surface area contributed by atoms with Crippen molar-refractivity contribution in [3.63, 3.8) is 0 Å². The molecule has 6 heterocycles. The van der Waals surface area contributed by atoms with Crippen LogP contribution < -0.4 is 0 Å². The van der Waals surface area contributed by atoms with Gasteiger partial charge < -0.3 is 4.42 Å². The van der Waals surface area contributed by atoms with Gasteiger partial charge in [-0.2, -0.15) is 0 Å². The lowest BCUT2D eigenvalue weighted by Gasteiger charge is -2.13. The zero-order valence-corrected chi connectivity index (χ0v) is 79.3. The quantitative estimate of drug-likeness (QED) is 0.0842. The van der Waals surface area contributed by atoms with Gasteiger partial charge in [0, 0.05) is 94.3 Å². The Morgan fingerprint density at radius 1 is 0.156 bits per heavy atom. The summed E-state index contributed by atoms with van der Waals surface area (Å²) in [4.78, 5) is 55.0. The van der Waals surface area contributed by atoms with Gasteiger partial charge in [-0.25, -0.2) is 54.8 Å². The van der Waals surface area contributed by atoms with E-state index in [1.807, 2.05) is 206 Å². The minimum atomic E-state index is 0.621. The van der Waals surface area contributed by atoms with E-state index in [9.17, 15) is 0 Å². The van der Waals surface area contributed by atoms with E-state index in [4.69, 9.17) is 59.2 Å². The van der Waals surface area contributed by atoms with Crippen LogP contribution in [-0.2, 0) is 0 Å². The molecule has 0 bridgehead atoms. The van der Waals surface area contributed by atoms with Gasteiger partial charge in [-0.1, -0.05) is 425 Å². The molecule has 14 nitrogen and oxygen atoms in total. The van der Waals surface area contributed by atoms with Crippen LogP contribution in [0.25, 0.3) is 268 Å². The van der Waals surface area contributed by atoms with Crippen LogP contribution in [0.2, 0.25) is 0 Å². The Hall–Kier alpha value is -20.1. The largest absolute Gasteiger partial charge is 0.435 e. The van der Waals surface area contributed by atoms with Crippen LogP contribution in [0.15, 0.2) is 520 Å². The third-order valence-electron chi connectivity index (χ3n) is 27.1. The van der Waals surface area contributed by atoms with Crippen LogP contribution in [0.1, 0.15) is 0 Å². The highest BCUT2D eigenvalue weighted by molar-refractivity contribution is 6.22. The van der Waals surface area contributed by atoms with Gasteiger partial charge in [0.05, 0.1) is 33.5 Å². The Kier molecular flexibility index (Phi) is 22.6. The molecule has 0 amide bonds. The second-order valence-corrected chi connectivity index (χ2v) is 36.3. The van der Waals surface area contributed by atoms with Crippen molar-refractivity contribution in [3.8, 4) is 170 Å². The Bertz CT molecular complexity index is 9640. The maximum atomic E-state index is 6.46. The molecular weight excluding hydrogens is 1800 g/mol. The average molecular weight is 1880 g/mol. The summed E-state index contributed by atoms with van der Waals surface area (Å²) in [5, 5.41) is 13.8. The number of rotatable bonds is 16. The number of para-hydroxylation sites is 2. The van der Waals surface area contributed by atoms with Gasteiger partial charge in [-0.15, -0.1) is 0 Å². The first-order valence-electron chi connectivity index (χ1n) is 49.1. The number of benzene rings is 22. The third-order valence-corrected chi connectivity index (χ3v) is 27.1. The predicted molar refractivity (Wildman–Crippen MR) is 600 cm³/mol. The number of nitrogens with zero attached hydrogens (tertiary/aromatic N) is 13. The van der Waals surface area contributed by atoms with Crippen LogP contribution in [0, 0.1) is 0 Å². The minimum Gasteiger partial charge on any atom is -0.435 e. The summed E-state index contributed by atoms with van der Waals surface area (Å²) in [6.45, 7) is 0. The summed E-state index contributed by atoms with van der Waals surface area (Å²) >= 11 is 0. The Morgan fingerprint density at radius 3 is 0.850 bits per heavy atom. The maximum Gasteiger partial charge on any atom is 0.227 e. The topological polar surface area (TPSA) is 165 Å². The summed E-state index contributed by atoms with van der Waals surface area (Å²) in [5.41, 5.74) is 25.9. The van der Waals surface area contributed by atoms with Gasteiger partial charge in [0.15, 0.2) is 46.4 Å². The van der Waals surface area contributed by atoms with Gasteiger partial charge in [-0.3, -0.25) is 9.13 Å². The van der Waals surface area contributed by atoms with Crippen LogP contribution >= 0.6 is 0 Å². The summed E-state index contributed by atoms with van der Waals surface area (Å²) in [7, 11) is 0. The van der Waals surface area contributed by atoms with Crippen LogP contribution in [0.4, 0.5) is 0 Å². The fourth-order valence-electron chi connectivity index (χ4n) is 20.0. The molecular formula is C133H85N13O. The van der Waals surface area contributed by atoms with Crippen LogP contribution in [0.5, 0.6) is 0 Å². The molecule has 0 aliphatic rings. The molecule has 688 valence electrons. The van der Waals surface area contributed by atoms with E-state index >= 15 is 0 Å². The number of aromatic nitrogens is 13. The lowest BCUT2D eigenvalue weighted by Crippen LogP contribution is -2.00. The van der Waals surface area contributed by atoms with Crippen LogP contribution in [0.3, 0.4) is 0 Å². The number of hydrogen-bond donors (Lipinski definition) is 0. The molecule has 0 saturated heterocycles. The molecule has 0 saturated carbocycles. The van der Waals surface area contributed by atoms with Crippen molar-refractivity contribution in [1.29, 1.82) is 0 Å². The molecule has 0 unspecified atom stereocenters. The van der Waals surface area contributed by atoms with Gasteiger partial charge in [0.1, 0.15) is 17.2 Å². The maximum absolute atomic E-state index is 6.46. The third kappa shape index (κ3) is 17.0. The standard InChI is InChI=1S/C48H31N5.C43H28N4.C42H26N4O/c1-5-14-33(15-6-1)45-50-46(34-16-7-2-8-17-34)52-47(51-45)39-21-13-20-36(31-39)37-26-28-41-38(30-37)25-24-32-27-29-42-44(43(32)41)53(40-22-11-4-12-23-40)48(49-42)35-18-9-3-10-19-35;1-5-13-29(14-6-1)38-28-39(30-15-7-2-8-16-30)45-42(44-38)34-23-25-36-33(27-34)22-21-31-24-26-37-41(40(31)36)47(35-19-11-4-12-20-35)43(46-37)32-17-9-3-10-18-32;1-4-11-29(12-5-1)39-44-40(30-13-6-2-7-14-30)46-41(45-39)34-18-10-17-32(25-34)33-22-20-27-19-21-28-23-24-36-38(37(28)35(27)26-33)47-42(43-36)31-15-8-3-9-16-31/h1-31H;1-28H;1-26H. The first kappa shape index (κ1) is 87.2. The van der Waals surface area contributed by atoms with E-state index < -0.39 is 0 Å². The van der Waals surface area contributed by atoms with Crippen molar-refractivity contribution < 1.29 is 4.42 Å². The van der Waals surface area contributed by atoms with Crippen molar-refractivity contribution in [3.05, 3.63) is 516 Å². The number of oxazole rings is 1. The monoisotopic (exact) mass is 1880 g/mol. The second kappa shape index (κ2) is 38.2. The number of fused-ring (bicyclic) bond motifs is 15.